The van der Waals surface area contributed by atoms with Gasteiger partial charge in [0.25, 0.3) is 11.8 Å². The fourth-order valence-corrected chi connectivity index (χ4v) is 6.12. The highest BCUT2D eigenvalue weighted by molar-refractivity contribution is 7.90. The number of halogens is 1. The number of nitrogens with zero attached hydrogens (tertiary/aromatic N) is 5. The summed E-state index contributed by atoms with van der Waals surface area (Å²) in [4.78, 5) is 36.3. The van der Waals surface area contributed by atoms with Gasteiger partial charge >= 0.3 is 0 Å². The molecular weight excluding hydrogens is 583 g/mol. The zero-order chi connectivity index (χ0) is 31.3. The average Bonchev–Trinajstić information content (AvgIpc) is 3.02. The molecule has 2 aliphatic heterocycles. The molecule has 0 bridgehead atoms. The molecule has 2 aliphatic rings. The minimum atomic E-state index is -3.23. The Hall–Kier alpha value is -4.18. The lowest BCUT2D eigenvalue weighted by Gasteiger charge is -2.35. The number of amides is 2. The summed E-state index contributed by atoms with van der Waals surface area (Å²) in [6.45, 7) is 4.41. The van der Waals surface area contributed by atoms with Crippen molar-refractivity contribution in [3.63, 3.8) is 0 Å². The molecule has 3 aromatic rings. The third-order valence-corrected chi connectivity index (χ3v) is 9.22. The van der Waals surface area contributed by atoms with Crippen LogP contribution in [0.3, 0.4) is 0 Å². The third kappa shape index (κ3) is 7.85. The van der Waals surface area contributed by atoms with E-state index in [2.05, 4.69) is 21.3 Å². The number of pyridine rings is 1. The summed E-state index contributed by atoms with van der Waals surface area (Å²) in [5.74, 6) is -0.643. The van der Waals surface area contributed by atoms with E-state index >= 15 is 0 Å². The second-order valence-electron chi connectivity index (χ2n) is 11.3. The van der Waals surface area contributed by atoms with Crippen molar-refractivity contribution >= 4 is 21.7 Å². The number of nitriles is 1. The number of carbonyl (C=O) groups excluding carboxylic acids is 2. The Kier molecular flexibility index (Phi) is 9.68. The maximum atomic E-state index is 15.0. The van der Waals surface area contributed by atoms with Gasteiger partial charge in [0.1, 0.15) is 11.9 Å². The largest absolute Gasteiger partial charge is 0.346 e. The van der Waals surface area contributed by atoms with Gasteiger partial charge in [0.2, 0.25) is 0 Å². The van der Waals surface area contributed by atoms with Crippen molar-refractivity contribution in [3.8, 4) is 6.07 Å². The molecule has 0 radical (unpaired) electrons. The highest BCUT2D eigenvalue weighted by atomic mass is 32.2. The summed E-state index contributed by atoms with van der Waals surface area (Å²) in [6.07, 6.45) is 1.77. The van der Waals surface area contributed by atoms with Gasteiger partial charge in [-0.25, -0.2) is 12.8 Å². The summed E-state index contributed by atoms with van der Waals surface area (Å²) >= 11 is 0. The van der Waals surface area contributed by atoms with Crippen LogP contribution in [0.5, 0.6) is 0 Å². The van der Waals surface area contributed by atoms with E-state index in [1.807, 2.05) is 29.2 Å². The van der Waals surface area contributed by atoms with Crippen LogP contribution in [-0.2, 0) is 22.9 Å². The number of aromatic nitrogens is 1. The van der Waals surface area contributed by atoms with E-state index in [4.69, 9.17) is 5.26 Å². The molecule has 1 N–H and O–H groups in total. The van der Waals surface area contributed by atoms with E-state index < -0.39 is 28.0 Å². The first-order valence-corrected chi connectivity index (χ1v) is 16.4. The van der Waals surface area contributed by atoms with Crippen molar-refractivity contribution in [1.29, 1.82) is 5.26 Å². The fraction of sp³-hybridized carbons (Fsp3) is 0.375. The number of hydrogen-bond donors (Lipinski definition) is 1. The number of alkyl halides is 1. The molecule has 2 fully saturated rings. The standard InChI is InChI=1S/C32H35FN6O4S/c1-44(42,43)27-9-6-25(7-10-27)20-37-14-16-39(17-15-37)32(41)30-11-8-26(19-35-30)31(40)36-29-12-13-38(22-28(29)33)21-24-4-2-23(18-34)3-5-24/h2-11,19,28-29H,12-17,20-22H2,1H3,(H,36,40)/t28-,29-/m1/s1. The van der Waals surface area contributed by atoms with Gasteiger partial charge in [-0.3, -0.25) is 24.4 Å². The zero-order valence-corrected chi connectivity index (χ0v) is 25.3. The van der Waals surface area contributed by atoms with Gasteiger partial charge in [-0.05, 0) is 53.9 Å². The number of sulfone groups is 1. The van der Waals surface area contributed by atoms with E-state index in [1.165, 1.54) is 18.5 Å². The lowest BCUT2D eigenvalue weighted by atomic mass is 10.0. The number of carbonyl (C=O) groups is 2. The van der Waals surface area contributed by atoms with Crippen LogP contribution in [0.25, 0.3) is 0 Å². The molecule has 0 aliphatic carbocycles. The SMILES string of the molecule is CS(=O)(=O)c1ccc(CN2CCN(C(=O)c3ccc(C(=O)N[C@@H]4CCN(Cc5ccc(C#N)cc5)C[C@H]4F)cn3)CC2)cc1. The van der Waals surface area contributed by atoms with Crippen molar-refractivity contribution < 1.29 is 22.4 Å². The summed E-state index contributed by atoms with van der Waals surface area (Å²) in [6, 6.07) is 18.6. The van der Waals surface area contributed by atoms with Crippen molar-refractivity contribution in [3.05, 3.63) is 94.8 Å². The quantitative estimate of drug-likeness (QED) is 0.409. The second-order valence-corrected chi connectivity index (χ2v) is 13.4. The Labute approximate surface area is 257 Å². The molecule has 10 nitrogen and oxygen atoms in total. The number of rotatable bonds is 8. The Bertz CT molecular complexity index is 1620. The predicted octanol–water partition coefficient (Wildman–Crippen LogP) is 2.66. The molecule has 2 saturated heterocycles. The van der Waals surface area contributed by atoms with E-state index in [0.717, 1.165) is 11.1 Å². The van der Waals surface area contributed by atoms with Crippen LogP contribution < -0.4 is 5.32 Å². The van der Waals surface area contributed by atoms with E-state index in [-0.39, 0.29) is 28.6 Å². The molecular formula is C32H35FN6O4S. The third-order valence-electron chi connectivity index (χ3n) is 8.09. The summed E-state index contributed by atoms with van der Waals surface area (Å²) < 4.78 is 38.3. The number of benzene rings is 2. The molecule has 2 amide bonds. The van der Waals surface area contributed by atoms with Crippen LogP contribution in [0.4, 0.5) is 4.39 Å². The molecule has 44 heavy (non-hydrogen) atoms. The lowest BCUT2D eigenvalue weighted by molar-refractivity contribution is 0.0622. The first-order valence-electron chi connectivity index (χ1n) is 14.5. The number of nitrogens with one attached hydrogen (secondary N) is 1. The van der Waals surface area contributed by atoms with Gasteiger partial charge in [0.15, 0.2) is 9.84 Å². The highest BCUT2D eigenvalue weighted by Gasteiger charge is 2.31. The van der Waals surface area contributed by atoms with Crippen LogP contribution in [-0.4, -0.2) is 97.7 Å². The summed E-state index contributed by atoms with van der Waals surface area (Å²) in [5.41, 5.74) is 3.09. The molecule has 2 atom stereocenters. The van der Waals surface area contributed by atoms with Crippen LogP contribution in [0, 0.1) is 11.3 Å². The predicted molar refractivity (Wildman–Crippen MR) is 162 cm³/mol. The smallest absolute Gasteiger partial charge is 0.272 e. The molecule has 0 unspecified atom stereocenters. The Morgan fingerprint density at radius 1 is 0.932 bits per heavy atom. The number of piperazine rings is 1. The maximum Gasteiger partial charge on any atom is 0.272 e. The van der Waals surface area contributed by atoms with Crippen LogP contribution in [0.1, 0.15) is 44.0 Å². The van der Waals surface area contributed by atoms with Gasteiger partial charge in [0, 0.05) is 64.8 Å². The normalized spacial score (nSPS) is 19.7. The monoisotopic (exact) mass is 618 g/mol. The minimum Gasteiger partial charge on any atom is -0.346 e. The van der Waals surface area contributed by atoms with E-state index in [9.17, 15) is 22.4 Å². The van der Waals surface area contributed by atoms with Crippen molar-refractivity contribution in [1.82, 2.24) is 25.0 Å². The molecule has 0 saturated carbocycles. The minimum absolute atomic E-state index is 0.194. The molecule has 12 heteroatoms. The van der Waals surface area contributed by atoms with Crippen molar-refractivity contribution in [2.45, 2.75) is 36.6 Å². The molecule has 3 heterocycles. The molecule has 2 aromatic carbocycles. The number of likely N-dealkylation sites (tertiary alicyclic amines) is 1. The van der Waals surface area contributed by atoms with Crippen molar-refractivity contribution in [2.75, 3.05) is 45.5 Å². The van der Waals surface area contributed by atoms with E-state index in [1.54, 1.807) is 35.2 Å². The molecule has 230 valence electrons. The Morgan fingerprint density at radius 2 is 1.57 bits per heavy atom. The highest BCUT2D eigenvalue weighted by Crippen LogP contribution is 2.19. The Morgan fingerprint density at radius 3 is 2.14 bits per heavy atom. The van der Waals surface area contributed by atoms with Crippen LogP contribution in [0.15, 0.2) is 71.8 Å². The van der Waals surface area contributed by atoms with Crippen LogP contribution >= 0.6 is 0 Å². The number of hydrogen-bond acceptors (Lipinski definition) is 8. The van der Waals surface area contributed by atoms with Crippen LogP contribution in [0.2, 0.25) is 0 Å². The lowest BCUT2D eigenvalue weighted by Crippen LogP contribution is -2.52. The first-order chi connectivity index (χ1) is 21.1. The molecule has 5 rings (SSSR count). The average molecular weight is 619 g/mol. The van der Waals surface area contributed by atoms with Gasteiger partial charge in [-0.2, -0.15) is 5.26 Å². The summed E-state index contributed by atoms with van der Waals surface area (Å²) in [5, 5.41) is 11.7. The fourth-order valence-electron chi connectivity index (χ4n) is 5.49. The van der Waals surface area contributed by atoms with Crippen molar-refractivity contribution in [2.24, 2.45) is 0 Å². The topological polar surface area (TPSA) is 127 Å². The zero-order valence-electron chi connectivity index (χ0n) is 24.5. The van der Waals surface area contributed by atoms with Gasteiger partial charge in [-0.1, -0.05) is 24.3 Å². The van der Waals surface area contributed by atoms with E-state index in [0.29, 0.717) is 57.8 Å². The summed E-state index contributed by atoms with van der Waals surface area (Å²) in [7, 11) is -3.23. The maximum absolute atomic E-state index is 15.0. The van der Waals surface area contributed by atoms with Gasteiger partial charge in [0.05, 0.1) is 28.1 Å². The second kappa shape index (κ2) is 13.6. The first kappa shape index (κ1) is 31.3. The molecule has 1 aromatic heterocycles. The Balaban J connectivity index is 1.07. The van der Waals surface area contributed by atoms with Gasteiger partial charge in [-0.15, -0.1) is 0 Å². The number of piperidine rings is 1. The van der Waals surface area contributed by atoms with Gasteiger partial charge < -0.3 is 10.2 Å². The molecule has 0 spiro atoms.